The summed E-state index contributed by atoms with van der Waals surface area (Å²) < 4.78 is 0. The Bertz CT molecular complexity index is 204. The van der Waals surface area contributed by atoms with E-state index in [4.69, 9.17) is 5.11 Å². The molecule has 0 spiro atoms. The van der Waals surface area contributed by atoms with Gasteiger partial charge in [-0.05, 0) is 51.0 Å². The molecular weight excluding hydrogens is 202 g/mol. The van der Waals surface area contributed by atoms with Crippen molar-refractivity contribution < 1.29 is 10.2 Å². The number of aliphatic hydroxyl groups is 2. The van der Waals surface area contributed by atoms with Crippen LogP contribution in [-0.4, -0.2) is 35.0 Å². The fourth-order valence-corrected chi connectivity index (χ4v) is 2.20. The van der Waals surface area contributed by atoms with Gasteiger partial charge in [0.2, 0.25) is 0 Å². The standard InChI is InChI=1S/C13H27NO2/c1-11(15)4-9-14-10-13(16)7-5-12(2,3)6-8-13/h11,14-16H,4-10H2,1-3H3. The predicted molar refractivity (Wildman–Crippen MR) is 66.4 cm³/mol. The van der Waals surface area contributed by atoms with Crippen LogP contribution in [0.5, 0.6) is 0 Å². The van der Waals surface area contributed by atoms with Crippen molar-refractivity contribution in [2.75, 3.05) is 13.1 Å². The van der Waals surface area contributed by atoms with Crippen molar-refractivity contribution >= 4 is 0 Å². The minimum Gasteiger partial charge on any atom is -0.393 e. The van der Waals surface area contributed by atoms with Crippen molar-refractivity contribution in [2.45, 2.75) is 64.6 Å². The summed E-state index contributed by atoms with van der Waals surface area (Å²) in [4.78, 5) is 0. The van der Waals surface area contributed by atoms with Gasteiger partial charge in [0, 0.05) is 6.54 Å². The van der Waals surface area contributed by atoms with Crippen molar-refractivity contribution in [1.29, 1.82) is 0 Å². The maximum atomic E-state index is 10.3. The quantitative estimate of drug-likeness (QED) is 0.629. The second-order valence-corrected chi connectivity index (χ2v) is 6.20. The molecule has 0 amide bonds. The third-order valence-electron chi connectivity index (χ3n) is 3.73. The molecule has 1 fully saturated rings. The molecule has 0 saturated heterocycles. The molecule has 3 N–H and O–H groups in total. The summed E-state index contributed by atoms with van der Waals surface area (Å²) in [6.07, 6.45) is 4.47. The van der Waals surface area contributed by atoms with E-state index in [-0.39, 0.29) is 6.10 Å². The van der Waals surface area contributed by atoms with E-state index < -0.39 is 5.60 Å². The van der Waals surface area contributed by atoms with Gasteiger partial charge in [0.05, 0.1) is 11.7 Å². The van der Waals surface area contributed by atoms with Crippen LogP contribution in [0.25, 0.3) is 0 Å². The van der Waals surface area contributed by atoms with Gasteiger partial charge in [-0.2, -0.15) is 0 Å². The monoisotopic (exact) mass is 229 g/mol. The van der Waals surface area contributed by atoms with Gasteiger partial charge in [0.15, 0.2) is 0 Å². The molecule has 3 heteroatoms. The van der Waals surface area contributed by atoms with E-state index in [1.807, 2.05) is 0 Å². The number of aliphatic hydroxyl groups excluding tert-OH is 1. The van der Waals surface area contributed by atoms with Crippen molar-refractivity contribution in [1.82, 2.24) is 5.32 Å². The van der Waals surface area contributed by atoms with Crippen LogP contribution in [0.3, 0.4) is 0 Å². The Morgan fingerprint density at radius 1 is 1.19 bits per heavy atom. The first-order valence-electron chi connectivity index (χ1n) is 6.44. The molecule has 1 unspecified atom stereocenters. The van der Waals surface area contributed by atoms with E-state index in [1.165, 1.54) is 0 Å². The Hall–Kier alpha value is -0.120. The van der Waals surface area contributed by atoms with Crippen LogP contribution in [0.2, 0.25) is 0 Å². The second-order valence-electron chi connectivity index (χ2n) is 6.20. The molecular formula is C13H27NO2. The fraction of sp³-hybridized carbons (Fsp3) is 1.00. The molecule has 16 heavy (non-hydrogen) atoms. The third kappa shape index (κ3) is 4.81. The molecule has 0 heterocycles. The van der Waals surface area contributed by atoms with Gasteiger partial charge in [0.25, 0.3) is 0 Å². The average molecular weight is 229 g/mol. The van der Waals surface area contributed by atoms with Gasteiger partial charge < -0.3 is 15.5 Å². The molecule has 1 rings (SSSR count). The molecule has 0 bridgehead atoms. The largest absolute Gasteiger partial charge is 0.393 e. The summed E-state index contributed by atoms with van der Waals surface area (Å²) >= 11 is 0. The van der Waals surface area contributed by atoms with E-state index in [9.17, 15) is 5.11 Å². The maximum Gasteiger partial charge on any atom is 0.0772 e. The fourth-order valence-electron chi connectivity index (χ4n) is 2.20. The Morgan fingerprint density at radius 3 is 2.25 bits per heavy atom. The van der Waals surface area contributed by atoms with E-state index in [1.54, 1.807) is 6.92 Å². The molecule has 0 aromatic rings. The van der Waals surface area contributed by atoms with E-state index in [0.29, 0.717) is 12.0 Å². The van der Waals surface area contributed by atoms with E-state index in [0.717, 1.165) is 38.6 Å². The van der Waals surface area contributed by atoms with Crippen LogP contribution in [0, 0.1) is 5.41 Å². The summed E-state index contributed by atoms with van der Waals surface area (Å²) in [6.45, 7) is 7.78. The van der Waals surface area contributed by atoms with Crippen molar-refractivity contribution in [3.8, 4) is 0 Å². The zero-order chi connectivity index (χ0) is 12.2. The molecule has 0 aromatic heterocycles. The minimum absolute atomic E-state index is 0.257. The zero-order valence-electron chi connectivity index (χ0n) is 10.9. The van der Waals surface area contributed by atoms with Crippen LogP contribution < -0.4 is 5.32 Å². The van der Waals surface area contributed by atoms with Gasteiger partial charge in [0.1, 0.15) is 0 Å². The molecule has 3 nitrogen and oxygen atoms in total. The Morgan fingerprint density at radius 2 is 1.75 bits per heavy atom. The molecule has 1 aliphatic carbocycles. The molecule has 1 aliphatic rings. The van der Waals surface area contributed by atoms with E-state index >= 15 is 0 Å². The Kier molecular flexibility index (Phi) is 4.77. The highest BCUT2D eigenvalue weighted by Crippen LogP contribution is 2.39. The number of hydrogen-bond donors (Lipinski definition) is 3. The SMILES string of the molecule is CC(O)CCNCC1(O)CCC(C)(C)CC1. The molecule has 1 atom stereocenters. The predicted octanol–water partition coefficient (Wildman–Crippen LogP) is 1.68. The van der Waals surface area contributed by atoms with Gasteiger partial charge >= 0.3 is 0 Å². The van der Waals surface area contributed by atoms with Crippen LogP contribution in [-0.2, 0) is 0 Å². The van der Waals surface area contributed by atoms with Crippen LogP contribution in [0.1, 0.15) is 52.9 Å². The lowest BCUT2D eigenvalue weighted by Crippen LogP contribution is -2.45. The third-order valence-corrected chi connectivity index (χ3v) is 3.73. The lowest BCUT2D eigenvalue weighted by molar-refractivity contribution is -0.0245. The van der Waals surface area contributed by atoms with Crippen molar-refractivity contribution in [2.24, 2.45) is 5.41 Å². The smallest absolute Gasteiger partial charge is 0.0772 e. The van der Waals surface area contributed by atoms with Crippen molar-refractivity contribution in [3.05, 3.63) is 0 Å². The first-order chi connectivity index (χ1) is 7.33. The van der Waals surface area contributed by atoms with E-state index in [2.05, 4.69) is 19.2 Å². The zero-order valence-corrected chi connectivity index (χ0v) is 10.9. The number of nitrogens with one attached hydrogen (secondary N) is 1. The van der Waals surface area contributed by atoms with Gasteiger partial charge in [-0.1, -0.05) is 13.8 Å². The number of rotatable bonds is 5. The van der Waals surface area contributed by atoms with Crippen molar-refractivity contribution in [3.63, 3.8) is 0 Å². The highest BCUT2D eigenvalue weighted by atomic mass is 16.3. The first kappa shape index (κ1) is 13.9. The summed E-state index contributed by atoms with van der Waals surface area (Å²) in [5, 5.41) is 22.7. The normalized spacial score (nSPS) is 25.3. The van der Waals surface area contributed by atoms with Gasteiger partial charge in [-0.15, -0.1) is 0 Å². The molecule has 96 valence electrons. The summed E-state index contributed by atoms with van der Waals surface area (Å²) in [6, 6.07) is 0. The average Bonchev–Trinajstić information content (AvgIpc) is 2.18. The summed E-state index contributed by atoms with van der Waals surface area (Å²) in [7, 11) is 0. The lowest BCUT2D eigenvalue weighted by Gasteiger charge is -2.40. The molecule has 0 radical (unpaired) electrons. The molecule has 0 aromatic carbocycles. The minimum atomic E-state index is -0.520. The van der Waals surface area contributed by atoms with Crippen LogP contribution >= 0.6 is 0 Å². The first-order valence-corrected chi connectivity index (χ1v) is 6.44. The summed E-state index contributed by atoms with van der Waals surface area (Å²) in [5.41, 5.74) is -0.125. The van der Waals surface area contributed by atoms with Crippen LogP contribution in [0.15, 0.2) is 0 Å². The lowest BCUT2D eigenvalue weighted by atomic mass is 9.71. The maximum absolute atomic E-state index is 10.3. The molecule has 0 aliphatic heterocycles. The Labute approximate surface area is 99.3 Å². The highest BCUT2D eigenvalue weighted by Gasteiger charge is 2.36. The highest BCUT2D eigenvalue weighted by molar-refractivity contribution is 4.90. The second kappa shape index (κ2) is 5.48. The van der Waals surface area contributed by atoms with Gasteiger partial charge in [-0.3, -0.25) is 0 Å². The number of hydrogen-bond acceptors (Lipinski definition) is 3. The molecule has 1 saturated carbocycles. The van der Waals surface area contributed by atoms with Gasteiger partial charge in [-0.25, -0.2) is 0 Å². The Balaban J connectivity index is 2.21. The summed E-state index contributed by atoms with van der Waals surface area (Å²) in [5.74, 6) is 0. The van der Waals surface area contributed by atoms with Crippen LogP contribution in [0.4, 0.5) is 0 Å². The topological polar surface area (TPSA) is 52.5 Å².